The average Bonchev–Trinajstić information content (AvgIpc) is 2.45. The van der Waals surface area contributed by atoms with Gasteiger partial charge in [-0.05, 0) is 35.4 Å². The topological polar surface area (TPSA) is 72.2 Å². The van der Waals surface area contributed by atoms with E-state index in [1.807, 2.05) is 0 Å². The van der Waals surface area contributed by atoms with Crippen LogP contribution >= 0.6 is 0 Å². The first-order valence-electron chi connectivity index (χ1n) is 6.04. The number of hydrogen-bond donors (Lipinski definition) is 2. The van der Waals surface area contributed by atoms with Crippen molar-refractivity contribution >= 4 is 10.0 Å². The van der Waals surface area contributed by atoms with Gasteiger partial charge >= 0.3 is 0 Å². The Balaban J connectivity index is 2.10. The van der Waals surface area contributed by atoms with Crippen LogP contribution in [-0.4, -0.2) is 8.42 Å². The summed E-state index contributed by atoms with van der Waals surface area (Å²) < 4.78 is 39.5. The van der Waals surface area contributed by atoms with Crippen LogP contribution in [0.1, 0.15) is 11.1 Å². The van der Waals surface area contributed by atoms with Gasteiger partial charge in [-0.25, -0.2) is 17.5 Å². The third-order valence-electron chi connectivity index (χ3n) is 2.82. The van der Waals surface area contributed by atoms with Crippen molar-refractivity contribution < 1.29 is 12.8 Å². The van der Waals surface area contributed by atoms with Crippen molar-refractivity contribution in [3.05, 3.63) is 65.5 Å². The maximum Gasteiger partial charge on any atom is 0.240 e. The molecule has 6 heteroatoms. The van der Waals surface area contributed by atoms with Crippen LogP contribution in [0.2, 0.25) is 0 Å². The predicted octanol–water partition coefficient (Wildman–Crippen LogP) is 1.76. The zero-order valence-corrected chi connectivity index (χ0v) is 11.5. The molecule has 0 unspecified atom stereocenters. The second-order valence-electron chi connectivity index (χ2n) is 4.30. The van der Waals surface area contributed by atoms with E-state index >= 15 is 0 Å². The highest BCUT2D eigenvalue weighted by atomic mass is 32.2. The monoisotopic (exact) mass is 294 g/mol. The highest BCUT2D eigenvalue weighted by Gasteiger charge is 2.13. The van der Waals surface area contributed by atoms with Gasteiger partial charge in [0.05, 0.1) is 4.90 Å². The molecule has 3 N–H and O–H groups in total. The molecular formula is C14H15FN2O2S. The molecule has 0 aliphatic carbocycles. The first kappa shape index (κ1) is 14.6. The number of rotatable bonds is 5. The van der Waals surface area contributed by atoms with Crippen LogP contribution in [0.25, 0.3) is 0 Å². The molecule has 2 aromatic carbocycles. The fourth-order valence-corrected chi connectivity index (χ4v) is 2.73. The lowest BCUT2D eigenvalue weighted by molar-refractivity contribution is 0.580. The third kappa shape index (κ3) is 3.63. The van der Waals surface area contributed by atoms with Crippen LogP contribution < -0.4 is 10.5 Å². The summed E-state index contributed by atoms with van der Waals surface area (Å²) in [5.74, 6) is -0.394. The Kier molecular flexibility index (Phi) is 4.49. The highest BCUT2D eigenvalue weighted by Crippen LogP contribution is 2.11. The fraction of sp³-hybridized carbons (Fsp3) is 0.143. The zero-order valence-electron chi connectivity index (χ0n) is 10.7. The van der Waals surface area contributed by atoms with Crippen molar-refractivity contribution in [1.82, 2.24) is 4.72 Å². The van der Waals surface area contributed by atoms with Crippen molar-refractivity contribution in [1.29, 1.82) is 0 Å². The van der Waals surface area contributed by atoms with Gasteiger partial charge in [0.15, 0.2) is 0 Å². The SMILES string of the molecule is NCc1ccc(S(=O)(=O)NCc2cccc(F)c2)cc1. The van der Waals surface area contributed by atoms with Crippen molar-refractivity contribution in [2.24, 2.45) is 5.73 Å². The number of nitrogens with one attached hydrogen (secondary N) is 1. The van der Waals surface area contributed by atoms with E-state index in [1.54, 1.807) is 18.2 Å². The molecule has 0 saturated heterocycles. The molecule has 0 radical (unpaired) electrons. The normalized spacial score (nSPS) is 11.5. The second-order valence-corrected chi connectivity index (χ2v) is 6.07. The second kappa shape index (κ2) is 6.13. The number of halogens is 1. The van der Waals surface area contributed by atoms with Crippen molar-refractivity contribution in [2.75, 3.05) is 0 Å². The van der Waals surface area contributed by atoms with E-state index in [0.717, 1.165) is 5.56 Å². The van der Waals surface area contributed by atoms with Gasteiger partial charge in [-0.1, -0.05) is 24.3 Å². The molecule has 2 rings (SSSR count). The molecule has 20 heavy (non-hydrogen) atoms. The molecule has 0 saturated carbocycles. The maximum atomic E-state index is 13.0. The van der Waals surface area contributed by atoms with E-state index in [-0.39, 0.29) is 11.4 Å². The first-order valence-corrected chi connectivity index (χ1v) is 7.53. The van der Waals surface area contributed by atoms with Crippen LogP contribution in [0.3, 0.4) is 0 Å². The summed E-state index contributed by atoms with van der Waals surface area (Å²) in [6.45, 7) is 0.399. The highest BCUT2D eigenvalue weighted by molar-refractivity contribution is 7.89. The summed E-state index contributed by atoms with van der Waals surface area (Å²) in [5, 5.41) is 0. The van der Waals surface area contributed by atoms with Gasteiger partial charge in [-0.2, -0.15) is 0 Å². The lowest BCUT2D eigenvalue weighted by atomic mass is 10.2. The number of hydrogen-bond acceptors (Lipinski definition) is 3. The van der Waals surface area contributed by atoms with E-state index in [2.05, 4.69) is 4.72 Å². The summed E-state index contributed by atoms with van der Waals surface area (Å²) >= 11 is 0. The molecule has 0 atom stereocenters. The summed E-state index contributed by atoms with van der Waals surface area (Å²) in [6, 6.07) is 12.1. The Labute approximate surface area is 117 Å². The summed E-state index contributed by atoms with van der Waals surface area (Å²) in [4.78, 5) is 0.158. The minimum absolute atomic E-state index is 0.0404. The van der Waals surface area contributed by atoms with Crippen molar-refractivity contribution in [3.63, 3.8) is 0 Å². The summed E-state index contributed by atoms with van der Waals surface area (Å²) in [6.07, 6.45) is 0. The largest absolute Gasteiger partial charge is 0.326 e. The van der Waals surface area contributed by atoms with Crippen LogP contribution in [0, 0.1) is 5.82 Å². The Morgan fingerprint density at radius 1 is 1.05 bits per heavy atom. The quantitative estimate of drug-likeness (QED) is 0.882. The molecule has 0 spiro atoms. The van der Waals surface area contributed by atoms with Crippen molar-refractivity contribution in [2.45, 2.75) is 18.0 Å². The number of benzene rings is 2. The molecule has 0 aliphatic heterocycles. The van der Waals surface area contributed by atoms with Crippen LogP contribution in [0.5, 0.6) is 0 Å². The van der Waals surface area contributed by atoms with Gasteiger partial charge in [-0.3, -0.25) is 0 Å². The van der Waals surface area contributed by atoms with Gasteiger partial charge in [0.25, 0.3) is 0 Å². The molecule has 0 aromatic heterocycles. The van der Waals surface area contributed by atoms with Gasteiger partial charge in [0.1, 0.15) is 5.82 Å². The van der Waals surface area contributed by atoms with Gasteiger partial charge in [0.2, 0.25) is 10.0 Å². The predicted molar refractivity (Wildman–Crippen MR) is 74.8 cm³/mol. The van der Waals surface area contributed by atoms with E-state index in [0.29, 0.717) is 12.1 Å². The summed E-state index contributed by atoms with van der Waals surface area (Å²) in [7, 11) is -3.61. The zero-order chi connectivity index (χ0) is 14.6. The molecule has 0 bridgehead atoms. The van der Waals surface area contributed by atoms with E-state index < -0.39 is 15.8 Å². The number of sulfonamides is 1. The standard InChI is InChI=1S/C14H15FN2O2S/c15-13-3-1-2-12(8-13)10-17-20(18,19)14-6-4-11(9-16)5-7-14/h1-8,17H,9-10,16H2. The minimum atomic E-state index is -3.61. The van der Waals surface area contributed by atoms with Crippen molar-refractivity contribution in [3.8, 4) is 0 Å². The third-order valence-corrected chi connectivity index (χ3v) is 4.24. The first-order chi connectivity index (χ1) is 9.51. The Morgan fingerprint density at radius 3 is 2.35 bits per heavy atom. The Hall–Kier alpha value is -1.76. The molecule has 0 fully saturated rings. The Bertz CT molecular complexity index is 685. The molecule has 0 aliphatic rings. The molecule has 0 heterocycles. The minimum Gasteiger partial charge on any atom is -0.326 e. The van der Waals surface area contributed by atoms with Gasteiger partial charge in [0, 0.05) is 13.1 Å². The molecule has 106 valence electrons. The number of nitrogens with two attached hydrogens (primary N) is 1. The van der Waals surface area contributed by atoms with E-state index in [4.69, 9.17) is 5.73 Å². The van der Waals surface area contributed by atoms with Crippen LogP contribution in [0.15, 0.2) is 53.4 Å². The van der Waals surface area contributed by atoms with Gasteiger partial charge < -0.3 is 5.73 Å². The fourth-order valence-electron chi connectivity index (χ4n) is 1.71. The molecular weight excluding hydrogens is 279 g/mol. The van der Waals surface area contributed by atoms with Crippen LogP contribution in [0.4, 0.5) is 4.39 Å². The van der Waals surface area contributed by atoms with E-state index in [1.165, 1.54) is 30.3 Å². The van der Waals surface area contributed by atoms with E-state index in [9.17, 15) is 12.8 Å². The lowest BCUT2D eigenvalue weighted by Crippen LogP contribution is -2.23. The smallest absolute Gasteiger partial charge is 0.240 e. The molecule has 0 amide bonds. The Morgan fingerprint density at radius 2 is 1.75 bits per heavy atom. The molecule has 2 aromatic rings. The average molecular weight is 294 g/mol. The van der Waals surface area contributed by atoms with Crippen LogP contribution in [-0.2, 0) is 23.1 Å². The van der Waals surface area contributed by atoms with Gasteiger partial charge in [-0.15, -0.1) is 0 Å². The maximum absolute atomic E-state index is 13.0. The molecule has 4 nitrogen and oxygen atoms in total. The summed E-state index contributed by atoms with van der Waals surface area (Å²) in [5.41, 5.74) is 6.88. The lowest BCUT2D eigenvalue weighted by Gasteiger charge is -2.07.